The van der Waals surface area contributed by atoms with E-state index in [4.69, 9.17) is 0 Å². The van der Waals surface area contributed by atoms with E-state index in [2.05, 4.69) is 20.7 Å². The SMILES string of the molecule is Cc1nnc(SCC2=C(C(=O)O)N3C(=O)C(NC(=O)/C(=N/O)c4cccc(O)c4)[C@H]3SC2)s1. The molecule has 2 amide bonds. The molecule has 0 bridgehead atoms. The van der Waals surface area contributed by atoms with Gasteiger partial charge >= 0.3 is 5.97 Å². The van der Waals surface area contributed by atoms with Crippen LogP contribution in [0.15, 0.2) is 45.0 Å². The molecule has 11 nitrogen and oxygen atoms in total. The summed E-state index contributed by atoms with van der Waals surface area (Å²) in [5.41, 5.74) is 0.271. The molecule has 4 rings (SSSR count). The lowest BCUT2D eigenvalue weighted by atomic mass is 10.0. The van der Waals surface area contributed by atoms with E-state index in [0.717, 1.165) is 5.01 Å². The predicted octanol–water partition coefficient (Wildman–Crippen LogP) is 1.26. The quantitative estimate of drug-likeness (QED) is 0.141. The number of carbonyl (C=O) groups is 3. The average Bonchev–Trinajstić information content (AvgIpc) is 3.20. The number of amides is 2. The summed E-state index contributed by atoms with van der Waals surface area (Å²) in [6.07, 6.45) is 0. The van der Waals surface area contributed by atoms with Crippen molar-refractivity contribution in [2.75, 3.05) is 11.5 Å². The number of aromatic hydroxyl groups is 1. The molecule has 0 radical (unpaired) electrons. The van der Waals surface area contributed by atoms with Crippen molar-refractivity contribution in [2.24, 2.45) is 5.16 Å². The van der Waals surface area contributed by atoms with Gasteiger partial charge < -0.3 is 20.7 Å². The Morgan fingerprint density at radius 3 is 2.79 bits per heavy atom. The highest BCUT2D eigenvalue weighted by atomic mass is 32.2. The first-order chi connectivity index (χ1) is 15.8. The summed E-state index contributed by atoms with van der Waals surface area (Å²) in [5.74, 6) is -2.03. The Morgan fingerprint density at radius 2 is 2.15 bits per heavy atom. The number of carbonyl (C=O) groups excluding carboxylic acids is 2. The first-order valence-electron chi connectivity index (χ1n) is 9.45. The Labute approximate surface area is 199 Å². The minimum Gasteiger partial charge on any atom is -0.508 e. The molecule has 2 atom stereocenters. The molecule has 1 unspecified atom stereocenters. The molecule has 1 aromatic carbocycles. The fraction of sp³-hybridized carbons (Fsp3) is 0.263. The number of hydrogen-bond acceptors (Lipinski definition) is 11. The summed E-state index contributed by atoms with van der Waals surface area (Å²) < 4.78 is 0.708. The Bertz CT molecular complexity index is 1200. The zero-order valence-corrected chi connectivity index (χ0v) is 19.4. The number of aliphatic carboxylic acids is 1. The van der Waals surface area contributed by atoms with Gasteiger partial charge in [0.25, 0.3) is 11.8 Å². The number of thioether (sulfide) groups is 2. The second-order valence-electron chi connectivity index (χ2n) is 6.99. The maximum Gasteiger partial charge on any atom is 0.352 e. The van der Waals surface area contributed by atoms with Crippen LogP contribution >= 0.6 is 34.9 Å². The topological polar surface area (TPSA) is 165 Å². The molecular formula is C19H17N5O6S3. The highest BCUT2D eigenvalue weighted by molar-refractivity contribution is 8.01. The molecule has 2 aliphatic rings. The van der Waals surface area contributed by atoms with Gasteiger partial charge in [-0.05, 0) is 24.6 Å². The van der Waals surface area contributed by atoms with Crippen molar-refractivity contribution in [3.63, 3.8) is 0 Å². The van der Waals surface area contributed by atoms with Crippen LogP contribution in [0.5, 0.6) is 5.75 Å². The van der Waals surface area contributed by atoms with Crippen LogP contribution in [-0.4, -0.2) is 76.9 Å². The van der Waals surface area contributed by atoms with E-state index in [1.54, 1.807) is 0 Å². The molecule has 172 valence electrons. The molecule has 0 spiro atoms. The van der Waals surface area contributed by atoms with Crippen molar-refractivity contribution < 1.29 is 29.8 Å². The van der Waals surface area contributed by atoms with Crippen molar-refractivity contribution in [2.45, 2.75) is 22.7 Å². The average molecular weight is 508 g/mol. The first kappa shape index (κ1) is 23.1. The fourth-order valence-corrected chi connectivity index (χ4v) is 6.68. The molecule has 33 heavy (non-hydrogen) atoms. The highest BCUT2D eigenvalue weighted by Crippen LogP contribution is 2.41. The summed E-state index contributed by atoms with van der Waals surface area (Å²) in [5, 5.41) is 42.3. The van der Waals surface area contributed by atoms with Crippen LogP contribution in [0.1, 0.15) is 10.6 Å². The van der Waals surface area contributed by atoms with Gasteiger partial charge in [-0.25, -0.2) is 4.79 Å². The number of carboxylic acids is 1. The van der Waals surface area contributed by atoms with E-state index in [1.807, 2.05) is 6.92 Å². The van der Waals surface area contributed by atoms with Gasteiger partial charge in [0, 0.05) is 17.1 Å². The number of nitrogens with zero attached hydrogens (tertiary/aromatic N) is 4. The number of nitrogens with one attached hydrogen (secondary N) is 1. The van der Waals surface area contributed by atoms with Crippen LogP contribution in [0.25, 0.3) is 0 Å². The maximum atomic E-state index is 12.8. The van der Waals surface area contributed by atoms with E-state index in [-0.39, 0.29) is 22.7 Å². The zero-order valence-electron chi connectivity index (χ0n) is 17.0. The molecule has 1 saturated heterocycles. The van der Waals surface area contributed by atoms with E-state index in [9.17, 15) is 29.8 Å². The number of hydrogen-bond donors (Lipinski definition) is 4. The number of β-lactam (4-membered cyclic amide) rings is 1. The van der Waals surface area contributed by atoms with Crippen LogP contribution in [-0.2, 0) is 14.4 Å². The third-order valence-electron chi connectivity index (χ3n) is 4.85. The van der Waals surface area contributed by atoms with Gasteiger partial charge in [-0.15, -0.1) is 22.0 Å². The molecule has 2 aromatic rings. The number of aromatic nitrogens is 2. The lowest BCUT2D eigenvalue weighted by molar-refractivity contribution is -0.150. The van der Waals surface area contributed by atoms with Crippen LogP contribution in [0.2, 0.25) is 0 Å². The van der Waals surface area contributed by atoms with E-state index in [1.165, 1.54) is 64.0 Å². The largest absolute Gasteiger partial charge is 0.508 e. The van der Waals surface area contributed by atoms with Gasteiger partial charge in [0.2, 0.25) is 0 Å². The lowest BCUT2D eigenvalue weighted by Crippen LogP contribution is -2.71. The minimum atomic E-state index is -1.22. The van der Waals surface area contributed by atoms with Crippen molar-refractivity contribution in [3.05, 3.63) is 46.1 Å². The molecule has 14 heteroatoms. The summed E-state index contributed by atoms with van der Waals surface area (Å²) in [6.45, 7) is 1.82. The predicted molar refractivity (Wildman–Crippen MR) is 121 cm³/mol. The van der Waals surface area contributed by atoms with Crippen molar-refractivity contribution in [3.8, 4) is 5.75 Å². The number of aryl methyl sites for hydroxylation is 1. The van der Waals surface area contributed by atoms with Crippen molar-refractivity contribution in [1.82, 2.24) is 20.4 Å². The molecule has 3 heterocycles. The molecule has 4 N–H and O–H groups in total. The number of phenolic OH excluding ortho intramolecular Hbond substituents is 1. The Morgan fingerprint density at radius 1 is 1.36 bits per heavy atom. The molecule has 0 saturated carbocycles. The number of rotatable bonds is 7. The molecule has 2 aliphatic heterocycles. The highest BCUT2D eigenvalue weighted by Gasteiger charge is 2.54. The Kier molecular flexibility index (Phi) is 6.58. The van der Waals surface area contributed by atoms with E-state index < -0.39 is 29.2 Å². The normalized spacial score (nSPS) is 20.3. The summed E-state index contributed by atoms with van der Waals surface area (Å²) in [6, 6.07) is 4.60. The molecule has 1 fully saturated rings. The van der Waals surface area contributed by atoms with Crippen LogP contribution in [0.3, 0.4) is 0 Å². The van der Waals surface area contributed by atoms with Crippen molar-refractivity contribution in [1.29, 1.82) is 0 Å². The number of fused-ring (bicyclic) bond motifs is 1. The summed E-state index contributed by atoms with van der Waals surface area (Å²) in [4.78, 5) is 38.6. The zero-order chi connectivity index (χ0) is 23.7. The second kappa shape index (κ2) is 9.41. The van der Waals surface area contributed by atoms with Gasteiger partial charge in [-0.2, -0.15) is 0 Å². The van der Waals surface area contributed by atoms with Crippen LogP contribution < -0.4 is 5.32 Å². The monoisotopic (exact) mass is 507 g/mol. The smallest absolute Gasteiger partial charge is 0.352 e. The van der Waals surface area contributed by atoms with Gasteiger partial charge in [-0.3, -0.25) is 14.5 Å². The molecule has 0 aliphatic carbocycles. The second-order valence-corrected chi connectivity index (χ2v) is 10.5. The number of phenols is 1. The Balaban J connectivity index is 1.48. The Hall–Kier alpha value is -3.10. The molecular weight excluding hydrogens is 490 g/mol. The fourth-order valence-electron chi connectivity index (χ4n) is 3.38. The third-order valence-corrected chi connectivity index (χ3v) is 8.25. The van der Waals surface area contributed by atoms with Gasteiger partial charge in [0.15, 0.2) is 10.1 Å². The van der Waals surface area contributed by atoms with Crippen molar-refractivity contribution >= 4 is 58.4 Å². The standard InChI is InChI=1S/C19H17N5O6S3/c1-8-21-22-19(33-8)32-7-10-6-31-17-13(16(27)24(17)14(10)18(28)29)20-15(26)12(23-30)9-3-2-4-11(25)5-9/h2-5,13,17,25,30H,6-7H2,1H3,(H,20,26)(H,28,29)/b23-12+/t13?,17-/m1/s1. The van der Waals surface area contributed by atoms with Crippen LogP contribution in [0, 0.1) is 6.92 Å². The van der Waals surface area contributed by atoms with Gasteiger partial charge in [-0.1, -0.05) is 40.4 Å². The maximum absolute atomic E-state index is 12.8. The minimum absolute atomic E-state index is 0.0907. The number of benzene rings is 1. The number of carboxylic acid groups (broad SMARTS) is 1. The summed E-state index contributed by atoms with van der Waals surface area (Å²) in [7, 11) is 0. The first-order valence-corrected chi connectivity index (χ1v) is 12.3. The lowest BCUT2D eigenvalue weighted by Gasteiger charge is -2.49. The number of oxime groups is 1. The van der Waals surface area contributed by atoms with E-state index in [0.29, 0.717) is 21.4 Å². The van der Waals surface area contributed by atoms with Gasteiger partial charge in [0.1, 0.15) is 27.9 Å². The summed E-state index contributed by atoms with van der Waals surface area (Å²) >= 11 is 4.09. The van der Waals surface area contributed by atoms with Gasteiger partial charge in [0.05, 0.1) is 0 Å². The van der Waals surface area contributed by atoms with Crippen LogP contribution in [0.4, 0.5) is 0 Å². The third kappa shape index (κ3) is 4.54. The molecule has 1 aromatic heterocycles. The van der Waals surface area contributed by atoms with E-state index >= 15 is 0 Å².